The third kappa shape index (κ3) is 48.4. The zero-order valence-corrected chi connectivity index (χ0v) is 61.2. The Balaban J connectivity index is 1.60. The van der Waals surface area contributed by atoms with E-state index in [2.05, 4.69) is 55.6 Å². The van der Waals surface area contributed by atoms with Crippen LogP contribution in [0.5, 0.6) is 0 Å². The molecule has 2 saturated heterocycles. The number of aliphatic hydroxyl groups is 8. The molecular formula is C81H151NO13. The number of hydrogen-bond donors (Lipinski definition) is 9. The van der Waals surface area contributed by atoms with E-state index < -0.39 is 86.8 Å². The molecule has 0 aromatic carbocycles. The molecule has 12 atom stereocenters. The van der Waals surface area contributed by atoms with Gasteiger partial charge >= 0.3 is 0 Å². The lowest BCUT2D eigenvalue weighted by atomic mass is 9.97. The molecule has 0 spiro atoms. The Bertz CT molecular complexity index is 1780. The molecule has 0 aromatic heterocycles. The van der Waals surface area contributed by atoms with E-state index in [1.54, 1.807) is 6.08 Å². The quantitative estimate of drug-likeness (QED) is 0.0204. The van der Waals surface area contributed by atoms with E-state index in [0.29, 0.717) is 12.8 Å². The molecule has 0 aromatic rings. The molecule has 14 heteroatoms. The van der Waals surface area contributed by atoms with Crippen molar-refractivity contribution in [1.82, 2.24) is 5.32 Å². The van der Waals surface area contributed by atoms with Crippen molar-refractivity contribution in [3.05, 3.63) is 48.6 Å². The number of hydrogen-bond acceptors (Lipinski definition) is 13. The van der Waals surface area contributed by atoms with Crippen molar-refractivity contribution in [3.63, 3.8) is 0 Å². The van der Waals surface area contributed by atoms with Crippen LogP contribution in [0.15, 0.2) is 48.6 Å². The van der Waals surface area contributed by atoms with Crippen molar-refractivity contribution in [1.29, 1.82) is 0 Å². The molecule has 2 heterocycles. The van der Waals surface area contributed by atoms with Crippen molar-refractivity contribution in [2.24, 2.45) is 0 Å². The van der Waals surface area contributed by atoms with E-state index >= 15 is 0 Å². The van der Waals surface area contributed by atoms with Crippen LogP contribution in [-0.4, -0.2) is 140 Å². The molecule has 1 amide bonds. The smallest absolute Gasteiger partial charge is 0.220 e. The maximum absolute atomic E-state index is 13.4. The van der Waals surface area contributed by atoms with E-state index in [4.69, 9.17) is 18.9 Å². The first-order valence-corrected chi connectivity index (χ1v) is 40.4. The topological polar surface area (TPSA) is 228 Å². The SMILES string of the molecule is CCCCCCC/C=C\C/C=C\CCCCCCCCCCCCCCCCCCCCCCCCCCCC(=O)NC(COC1OC(CO)C(OC2OC(CO)C(O)C(O)C2O)C(O)C1O)C(O)/C=C/CC/C=C/CCCCCCCCCCCCCCCCCCCC. The van der Waals surface area contributed by atoms with Gasteiger partial charge in [0.25, 0.3) is 0 Å². The van der Waals surface area contributed by atoms with Crippen molar-refractivity contribution in [2.45, 2.75) is 441 Å². The Labute approximate surface area is 582 Å². The first-order valence-electron chi connectivity index (χ1n) is 40.4. The molecule has 0 aliphatic carbocycles. The zero-order chi connectivity index (χ0) is 68.7. The summed E-state index contributed by atoms with van der Waals surface area (Å²) in [6, 6.07) is -0.932. The molecule has 2 fully saturated rings. The molecular weight excluding hydrogens is 1190 g/mol. The molecule has 12 unspecified atom stereocenters. The van der Waals surface area contributed by atoms with Gasteiger partial charge in [-0.25, -0.2) is 0 Å². The lowest BCUT2D eigenvalue weighted by molar-refractivity contribution is -0.359. The number of ether oxygens (including phenoxy) is 4. The molecule has 0 bridgehead atoms. The van der Waals surface area contributed by atoms with E-state index in [1.807, 2.05) is 6.08 Å². The largest absolute Gasteiger partial charge is 0.394 e. The standard InChI is InChI=1S/C81H151NO13/c1-3-5-7-9-11-13-15-17-19-21-23-25-27-29-30-31-32-33-34-35-36-37-38-39-40-41-43-45-47-49-51-53-55-57-59-61-63-65-73(86)82-69(68-92-80-78(91)76(89)79(72(67-84)94-80)95-81-77(90)75(88)74(87)71(66-83)93-81)70(85)64-62-60-58-56-54-52-50-48-46-44-42-28-26-24-22-20-18-16-14-12-10-8-6-4-2/h15,17,21,23,54,56,62,64,69-72,74-81,83-85,87-91H,3-14,16,18-20,22,24-53,55,57-61,63,65-68H2,1-2H3,(H,82,86)/b17-15-,23-21-,56-54+,64-62+. The maximum atomic E-state index is 13.4. The monoisotopic (exact) mass is 1350 g/mol. The normalized spacial score (nSPS) is 22.5. The zero-order valence-electron chi connectivity index (χ0n) is 61.2. The fraction of sp³-hybridized carbons (Fsp3) is 0.889. The highest BCUT2D eigenvalue weighted by molar-refractivity contribution is 5.76. The fourth-order valence-electron chi connectivity index (χ4n) is 13.3. The molecule has 2 aliphatic rings. The highest BCUT2D eigenvalue weighted by atomic mass is 16.7. The second kappa shape index (κ2) is 65.3. The van der Waals surface area contributed by atoms with Gasteiger partial charge in [-0.3, -0.25) is 4.79 Å². The highest BCUT2D eigenvalue weighted by Crippen LogP contribution is 2.30. The number of aliphatic hydroxyl groups excluding tert-OH is 8. The van der Waals surface area contributed by atoms with Gasteiger partial charge < -0.3 is 65.1 Å². The van der Waals surface area contributed by atoms with Gasteiger partial charge in [-0.1, -0.05) is 345 Å². The van der Waals surface area contributed by atoms with Crippen LogP contribution in [0.1, 0.15) is 367 Å². The molecule has 9 N–H and O–H groups in total. The Morgan fingerprint density at radius 3 is 1.09 bits per heavy atom. The third-order valence-electron chi connectivity index (χ3n) is 19.7. The van der Waals surface area contributed by atoms with Crippen LogP contribution in [0.25, 0.3) is 0 Å². The van der Waals surface area contributed by atoms with Gasteiger partial charge in [-0.2, -0.15) is 0 Å². The summed E-state index contributed by atoms with van der Waals surface area (Å²) in [5, 5.41) is 87.6. The first-order chi connectivity index (χ1) is 46.6. The molecule has 0 saturated carbocycles. The molecule has 0 radical (unpaired) electrons. The van der Waals surface area contributed by atoms with Crippen molar-refractivity contribution in [3.8, 4) is 0 Å². The minimum atomic E-state index is -1.79. The van der Waals surface area contributed by atoms with E-state index in [9.17, 15) is 45.6 Å². The van der Waals surface area contributed by atoms with Crippen LogP contribution in [0.3, 0.4) is 0 Å². The van der Waals surface area contributed by atoms with Crippen LogP contribution in [0.4, 0.5) is 0 Å². The summed E-state index contributed by atoms with van der Waals surface area (Å²) in [6.07, 6.45) is 70.6. The number of rotatable bonds is 68. The number of allylic oxidation sites excluding steroid dienone is 7. The number of carbonyl (C=O) groups excluding carboxylic acids is 1. The van der Waals surface area contributed by atoms with Crippen molar-refractivity contribution >= 4 is 5.91 Å². The molecule has 2 aliphatic heterocycles. The van der Waals surface area contributed by atoms with Crippen LogP contribution < -0.4 is 5.32 Å². The van der Waals surface area contributed by atoms with Gasteiger partial charge in [-0.05, 0) is 64.2 Å². The highest BCUT2D eigenvalue weighted by Gasteiger charge is 2.51. The van der Waals surface area contributed by atoms with Crippen LogP contribution in [-0.2, 0) is 23.7 Å². The van der Waals surface area contributed by atoms with Gasteiger partial charge in [0.2, 0.25) is 5.91 Å². The number of amides is 1. The van der Waals surface area contributed by atoms with Crippen molar-refractivity contribution < 1.29 is 64.6 Å². The Kier molecular flexibility index (Phi) is 61.2. The number of unbranched alkanes of at least 4 members (excludes halogenated alkanes) is 49. The molecule has 558 valence electrons. The lowest BCUT2D eigenvalue weighted by Crippen LogP contribution is -2.65. The van der Waals surface area contributed by atoms with Crippen molar-refractivity contribution in [2.75, 3.05) is 19.8 Å². The van der Waals surface area contributed by atoms with E-state index in [1.165, 1.54) is 295 Å². The van der Waals surface area contributed by atoms with Crippen LogP contribution in [0.2, 0.25) is 0 Å². The average Bonchev–Trinajstić information content (AvgIpc) is 0.927. The van der Waals surface area contributed by atoms with E-state index in [-0.39, 0.29) is 18.9 Å². The summed E-state index contributed by atoms with van der Waals surface area (Å²) in [5.41, 5.74) is 0. The molecule has 14 nitrogen and oxygen atoms in total. The minimum absolute atomic E-state index is 0.242. The second-order valence-corrected chi connectivity index (χ2v) is 28.5. The number of nitrogens with one attached hydrogen (secondary N) is 1. The summed E-state index contributed by atoms with van der Waals surface area (Å²) in [4.78, 5) is 13.4. The van der Waals surface area contributed by atoms with E-state index in [0.717, 1.165) is 38.5 Å². The molecule has 95 heavy (non-hydrogen) atoms. The summed E-state index contributed by atoms with van der Waals surface area (Å²) >= 11 is 0. The third-order valence-corrected chi connectivity index (χ3v) is 19.7. The summed E-state index contributed by atoms with van der Waals surface area (Å²) in [7, 11) is 0. The van der Waals surface area contributed by atoms with Gasteiger partial charge in [0.1, 0.15) is 48.8 Å². The predicted molar refractivity (Wildman–Crippen MR) is 392 cm³/mol. The predicted octanol–water partition coefficient (Wildman–Crippen LogP) is 18.2. The summed E-state index contributed by atoms with van der Waals surface area (Å²) in [5.74, 6) is -0.242. The Morgan fingerprint density at radius 1 is 0.379 bits per heavy atom. The van der Waals surface area contributed by atoms with Crippen LogP contribution in [0, 0.1) is 0 Å². The minimum Gasteiger partial charge on any atom is -0.394 e. The summed E-state index contributed by atoms with van der Waals surface area (Å²) < 4.78 is 22.9. The maximum Gasteiger partial charge on any atom is 0.220 e. The average molecular weight is 1350 g/mol. The fourth-order valence-corrected chi connectivity index (χ4v) is 13.3. The van der Waals surface area contributed by atoms with Gasteiger partial charge in [-0.15, -0.1) is 0 Å². The number of carbonyl (C=O) groups is 1. The summed E-state index contributed by atoms with van der Waals surface area (Å²) in [6.45, 7) is 2.83. The second-order valence-electron chi connectivity index (χ2n) is 28.5. The lowest BCUT2D eigenvalue weighted by Gasteiger charge is -2.46. The van der Waals surface area contributed by atoms with Gasteiger partial charge in [0.15, 0.2) is 12.6 Å². The molecule has 2 rings (SSSR count). The van der Waals surface area contributed by atoms with Gasteiger partial charge in [0.05, 0.1) is 32.0 Å². The first kappa shape index (κ1) is 89.0. The van der Waals surface area contributed by atoms with Crippen LogP contribution >= 0.6 is 0 Å². The van der Waals surface area contributed by atoms with Gasteiger partial charge in [0, 0.05) is 6.42 Å². The Morgan fingerprint density at radius 2 is 0.705 bits per heavy atom. The Hall–Kier alpha value is -2.05.